The number of carboxylic acids is 1. The Morgan fingerprint density at radius 3 is 2.55 bits per heavy atom. The van der Waals surface area contributed by atoms with Crippen LogP contribution in [0.4, 0.5) is 0 Å². The Morgan fingerprint density at radius 2 is 1.95 bits per heavy atom. The van der Waals surface area contributed by atoms with E-state index in [1.165, 1.54) is 5.56 Å². The van der Waals surface area contributed by atoms with E-state index in [-0.39, 0.29) is 6.54 Å². The van der Waals surface area contributed by atoms with E-state index in [2.05, 4.69) is 6.92 Å². The maximum atomic E-state index is 10.7. The molecule has 0 amide bonds. The van der Waals surface area contributed by atoms with E-state index < -0.39 is 5.97 Å². The molecular weight excluding hydrogens is 297 g/mol. The number of hydrogen-bond donors (Lipinski definition) is 1. The summed E-state index contributed by atoms with van der Waals surface area (Å²) in [6.07, 6.45) is 3.90. The third-order valence-corrected chi connectivity index (χ3v) is 3.81. The Morgan fingerprint density at radius 1 is 1.20 bits per heavy atom. The molecule has 0 bridgehead atoms. The highest BCUT2D eigenvalue weighted by Crippen LogP contribution is 2.23. The van der Waals surface area contributed by atoms with Crippen molar-refractivity contribution < 1.29 is 9.90 Å². The lowest BCUT2D eigenvalue weighted by atomic mass is 10.1. The molecule has 0 unspecified atom stereocenters. The molecule has 1 rings (SSSR count). The van der Waals surface area contributed by atoms with E-state index in [4.69, 9.17) is 28.3 Å². The lowest BCUT2D eigenvalue weighted by Gasteiger charge is -2.19. The van der Waals surface area contributed by atoms with Crippen molar-refractivity contribution in [3.8, 4) is 0 Å². The van der Waals surface area contributed by atoms with Gasteiger partial charge >= 0.3 is 5.97 Å². The fourth-order valence-corrected chi connectivity index (χ4v) is 2.46. The lowest BCUT2D eigenvalue weighted by molar-refractivity contribution is -0.138. The predicted octanol–water partition coefficient (Wildman–Crippen LogP) is 4.11. The van der Waals surface area contributed by atoms with Crippen molar-refractivity contribution in [1.29, 1.82) is 0 Å². The van der Waals surface area contributed by atoms with Crippen LogP contribution in [0.25, 0.3) is 0 Å². The van der Waals surface area contributed by atoms with Crippen molar-refractivity contribution in [3.05, 3.63) is 33.8 Å². The van der Waals surface area contributed by atoms with Gasteiger partial charge in [-0.1, -0.05) is 36.2 Å². The molecule has 5 heteroatoms. The number of halogens is 2. The molecule has 0 radical (unpaired) electrons. The van der Waals surface area contributed by atoms with E-state index in [1.54, 1.807) is 0 Å². The molecule has 0 aromatic heterocycles. The van der Waals surface area contributed by atoms with Gasteiger partial charge in [-0.25, -0.2) is 0 Å². The molecule has 20 heavy (non-hydrogen) atoms. The summed E-state index contributed by atoms with van der Waals surface area (Å²) in [6.45, 7) is 3.84. The van der Waals surface area contributed by atoms with E-state index in [0.29, 0.717) is 10.0 Å². The van der Waals surface area contributed by atoms with Crippen molar-refractivity contribution in [2.24, 2.45) is 0 Å². The molecule has 0 aliphatic rings. The highest BCUT2D eigenvalue weighted by atomic mass is 35.5. The molecule has 1 N–H and O–H groups in total. The fraction of sp³-hybridized carbons (Fsp3) is 0.533. The van der Waals surface area contributed by atoms with Crippen LogP contribution in [-0.2, 0) is 11.2 Å². The molecular formula is C15H21Cl2NO2. The first-order valence-corrected chi connectivity index (χ1v) is 7.66. The lowest BCUT2D eigenvalue weighted by Crippen LogP contribution is -2.31. The first-order chi connectivity index (χ1) is 9.52. The quantitative estimate of drug-likeness (QED) is 0.697. The van der Waals surface area contributed by atoms with Crippen LogP contribution in [0.2, 0.25) is 10.0 Å². The van der Waals surface area contributed by atoms with Gasteiger partial charge in [0.05, 0.1) is 16.6 Å². The maximum Gasteiger partial charge on any atom is 0.317 e. The zero-order valence-corrected chi connectivity index (χ0v) is 13.3. The molecule has 0 aliphatic heterocycles. The van der Waals surface area contributed by atoms with Gasteiger partial charge in [-0.05, 0) is 56.5 Å². The Balaban J connectivity index is 2.31. The molecule has 0 fully saturated rings. The topological polar surface area (TPSA) is 40.5 Å². The molecule has 3 nitrogen and oxygen atoms in total. The number of aryl methyl sites for hydroxylation is 1. The van der Waals surface area contributed by atoms with Gasteiger partial charge in [0, 0.05) is 0 Å². The predicted molar refractivity (Wildman–Crippen MR) is 83.8 cm³/mol. The van der Waals surface area contributed by atoms with Crippen molar-refractivity contribution in [1.82, 2.24) is 4.90 Å². The minimum absolute atomic E-state index is 0.126. The Bertz CT molecular complexity index is 438. The van der Waals surface area contributed by atoms with Crippen LogP contribution < -0.4 is 0 Å². The largest absolute Gasteiger partial charge is 0.480 e. The number of nitrogens with zero attached hydrogens (tertiary/aromatic N) is 1. The maximum absolute atomic E-state index is 10.7. The van der Waals surface area contributed by atoms with E-state index in [1.807, 2.05) is 23.1 Å². The average molecular weight is 318 g/mol. The minimum Gasteiger partial charge on any atom is -0.480 e. The summed E-state index contributed by atoms with van der Waals surface area (Å²) in [7, 11) is 0. The van der Waals surface area contributed by atoms with Crippen LogP contribution in [0.3, 0.4) is 0 Å². The second kappa shape index (κ2) is 9.22. The molecule has 1 aromatic rings. The van der Waals surface area contributed by atoms with E-state index in [0.717, 1.165) is 38.8 Å². The summed E-state index contributed by atoms with van der Waals surface area (Å²) in [5.41, 5.74) is 1.17. The standard InChI is InChI=1S/C15H21Cl2NO2/c1-2-8-18(11-15(19)20)9-4-3-5-12-6-7-13(16)14(17)10-12/h6-7,10H,2-5,8-9,11H2,1H3,(H,19,20). The van der Waals surface area contributed by atoms with Crippen molar-refractivity contribution >= 4 is 29.2 Å². The Kier molecular flexibility index (Phi) is 7.97. The summed E-state index contributed by atoms with van der Waals surface area (Å²) in [5.74, 6) is -0.761. The highest BCUT2D eigenvalue weighted by Gasteiger charge is 2.08. The Labute approximate surface area is 130 Å². The van der Waals surface area contributed by atoms with Crippen molar-refractivity contribution in [3.63, 3.8) is 0 Å². The van der Waals surface area contributed by atoms with Crippen molar-refractivity contribution in [2.45, 2.75) is 32.6 Å². The molecule has 0 aliphatic carbocycles. The van der Waals surface area contributed by atoms with Crippen LogP contribution in [-0.4, -0.2) is 35.6 Å². The normalized spacial score (nSPS) is 11.0. The number of aliphatic carboxylic acids is 1. The third kappa shape index (κ3) is 6.60. The molecule has 0 spiro atoms. The average Bonchev–Trinajstić information content (AvgIpc) is 2.38. The number of benzene rings is 1. The number of carboxylic acid groups (broad SMARTS) is 1. The molecule has 112 valence electrons. The molecule has 0 saturated heterocycles. The third-order valence-electron chi connectivity index (χ3n) is 3.07. The van der Waals surface area contributed by atoms with Gasteiger partial charge < -0.3 is 5.11 Å². The second-order valence-electron chi connectivity index (χ2n) is 4.88. The zero-order chi connectivity index (χ0) is 15.0. The fourth-order valence-electron chi connectivity index (χ4n) is 2.14. The summed E-state index contributed by atoms with van der Waals surface area (Å²) in [4.78, 5) is 12.7. The van der Waals surface area contributed by atoms with E-state index >= 15 is 0 Å². The van der Waals surface area contributed by atoms with Crippen LogP contribution >= 0.6 is 23.2 Å². The van der Waals surface area contributed by atoms with Gasteiger partial charge in [0.15, 0.2) is 0 Å². The second-order valence-corrected chi connectivity index (χ2v) is 5.69. The summed E-state index contributed by atoms with van der Waals surface area (Å²) < 4.78 is 0. The van der Waals surface area contributed by atoms with Gasteiger partial charge in [0.25, 0.3) is 0 Å². The van der Waals surface area contributed by atoms with Crippen LogP contribution in [0.15, 0.2) is 18.2 Å². The van der Waals surface area contributed by atoms with E-state index in [9.17, 15) is 4.79 Å². The van der Waals surface area contributed by atoms with Crippen LogP contribution in [0.1, 0.15) is 31.7 Å². The summed E-state index contributed by atoms with van der Waals surface area (Å²) in [6, 6.07) is 5.69. The number of unbranched alkanes of at least 4 members (excludes halogenated alkanes) is 1. The monoisotopic (exact) mass is 317 g/mol. The molecule has 0 atom stereocenters. The SMILES string of the molecule is CCCN(CCCCc1ccc(Cl)c(Cl)c1)CC(=O)O. The first-order valence-electron chi connectivity index (χ1n) is 6.91. The molecule has 1 aromatic carbocycles. The van der Waals surface area contributed by atoms with Crippen LogP contribution in [0.5, 0.6) is 0 Å². The van der Waals surface area contributed by atoms with Gasteiger partial charge in [0.2, 0.25) is 0 Å². The van der Waals surface area contributed by atoms with Crippen LogP contribution in [0, 0.1) is 0 Å². The van der Waals surface area contributed by atoms with Gasteiger partial charge in [-0.3, -0.25) is 9.69 Å². The zero-order valence-electron chi connectivity index (χ0n) is 11.7. The number of carbonyl (C=O) groups is 1. The van der Waals surface area contributed by atoms with Gasteiger partial charge in [-0.15, -0.1) is 0 Å². The first kappa shape index (κ1) is 17.3. The smallest absolute Gasteiger partial charge is 0.317 e. The minimum atomic E-state index is -0.761. The van der Waals surface area contributed by atoms with Gasteiger partial charge in [-0.2, -0.15) is 0 Å². The molecule has 0 heterocycles. The molecule has 0 saturated carbocycles. The highest BCUT2D eigenvalue weighted by molar-refractivity contribution is 6.42. The van der Waals surface area contributed by atoms with Gasteiger partial charge in [0.1, 0.15) is 0 Å². The number of hydrogen-bond acceptors (Lipinski definition) is 2. The Hall–Kier alpha value is -0.770. The summed E-state index contributed by atoms with van der Waals surface area (Å²) >= 11 is 11.8. The van der Waals surface area contributed by atoms with Crippen molar-refractivity contribution in [2.75, 3.05) is 19.6 Å². The summed E-state index contributed by atoms with van der Waals surface area (Å²) in [5, 5.41) is 9.99. The number of rotatable bonds is 9.